The molecule has 0 radical (unpaired) electrons. The van der Waals surface area contributed by atoms with E-state index in [1.54, 1.807) is 30.5 Å². The monoisotopic (exact) mass is 726 g/mol. The Hall–Kier alpha value is -4.50. The van der Waals surface area contributed by atoms with Crippen LogP contribution in [-0.2, 0) is 22.7 Å². The standard InChI is InChI=1S/C41H47ClN4O6/c1-28-32(10-7-11-34(28)35-12-8-13-37(29(35)2)50-19-9-18-46-16-5-4-6-17-46)26-52-39(45-41(3,27-47)40(48)49)36-21-33(42)14-15-38(36)51-25-31-20-30(22-43)23-44-24-31/h7-8,10-15,20-21,23-24,39,45,47H,4-6,9,16-19,25-27H2,1-3H3,(H,48,49). The second kappa shape index (κ2) is 18.3. The minimum absolute atomic E-state index is 0.0851. The lowest BCUT2D eigenvalue weighted by Gasteiger charge is -2.31. The summed E-state index contributed by atoms with van der Waals surface area (Å²) in [6.07, 6.45) is 6.88. The van der Waals surface area contributed by atoms with E-state index < -0.39 is 24.3 Å². The Morgan fingerprint density at radius 2 is 1.75 bits per heavy atom. The van der Waals surface area contributed by atoms with Gasteiger partial charge in [0.2, 0.25) is 0 Å². The first-order valence-electron chi connectivity index (χ1n) is 17.7. The number of rotatable bonds is 17. The molecule has 1 fully saturated rings. The molecule has 52 heavy (non-hydrogen) atoms. The van der Waals surface area contributed by atoms with Crippen LogP contribution in [0.2, 0.25) is 5.02 Å². The molecule has 0 spiro atoms. The minimum Gasteiger partial charge on any atom is -0.493 e. The van der Waals surface area contributed by atoms with Crippen LogP contribution in [0.3, 0.4) is 0 Å². The minimum atomic E-state index is -1.75. The summed E-state index contributed by atoms with van der Waals surface area (Å²) in [4.78, 5) is 18.9. The average molecular weight is 727 g/mol. The van der Waals surface area contributed by atoms with Gasteiger partial charge < -0.3 is 29.3 Å². The number of hydrogen-bond acceptors (Lipinski definition) is 9. The number of carboxylic acid groups (broad SMARTS) is 1. The molecule has 2 unspecified atom stereocenters. The van der Waals surface area contributed by atoms with E-state index in [0.29, 0.717) is 34.1 Å². The third-order valence-corrected chi connectivity index (χ3v) is 9.80. The van der Waals surface area contributed by atoms with Gasteiger partial charge in [0.25, 0.3) is 0 Å². The zero-order chi connectivity index (χ0) is 37.1. The van der Waals surface area contributed by atoms with Crippen LogP contribution in [0.15, 0.2) is 73.1 Å². The largest absolute Gasteiger partial charge is 0.493 e. The van der Waals surface area contributed by atoms with Crippen LogP contribution in [0.25, 0.3) is 11.1 Å². The molecule has 274 valence electrons. The highest BCUT2D eigenvalue weighted by atomic mass is 35.5. The number of carboxylic acids is 1. The maximum absolute atomic E-state index is 12.3. The van der Waals surface area contributed by atoms with Crippen LogP contribution >= 0.6 is 11.6 Å². The number of aliphatic hydroxyl groups is 1. The van der Waals surface area contributed by atoms with Crippen LogP contribution in [0.4, 0.5) is 0 Å². The highest BCUT2D eigenvalue weighted by Gasteiger charge is 2.36. The van der Waals surface area contributed by atoms with Gasteiger partial charge in [0.05, 0.1) is 25.4 Å². The second-order valence-corrected chi connectivity index (χ2v) is 13.9. The predicted octanol–water partition coefficient (Wildman–Crippen LogP) is 7.36. The van der Waals surface area contributed by atoms with Gasteiger partial charge >= 0.3 is 5.97 Å². The quantitative estimate of drug-likeness (QED) is 0.0748. The van der Waals surface area contributed by atoms with Crippen molar-refractivity contribution >= 4 is 17.6 Å². The van der Waals surface area contributed by atoms with Gasteiger partial charge in [-0.15, -0.1) is 0 Å². The highest BCUT2D eigenvalue weighted by molar-refractivity contribution is 6.30. The summed E-state index contributed by atoms with van der Waals surface area (Å²) in [6.45, 7) is 9.04. The smallest absolute Gasteiger partial charge is 0.326 e. The zero-order valence-electron chi connectivity index (χ0n) is 30.0. The van der Waals surface area contributed by atoms with Crippen molar-refractivity contribution in [3.05, 3.63) is 111 Å². The predicted molar refractivity (Wildman–Crippen MR) is 200 cm³/mol. The fourth-order valence-electron chi connectivity index (χ4n) is 6.34. The molecule has 1 aromatic heterocycles. The number of aliphatic carboxylic acids is 1. The number of carbonyl (C=O) groups is 1. The van der Waals surface area contributed by atoms with E-state index in [1.807, 2.05) is 31.2 Å². The number of pyridine rings is 1. The summed E-state index contributed by atoms with van der Waals surface area (Å²) in [7, 11) is 0. The molecule has 3 N–H and O–H groups in total. The Kier molecular flexibility index (Phi) is 13.6. The number of nitriles is 1. The summed E-state index contributed by atoms with van der Waals surface area (Å²) in [6, 6.07) is 20.9. The number of aromatic nitrogens is 1. The van der Waals surface area contributed by atoms with Gasteiger partial charge in [0.15, 0.2) is 0 Å². The molecule has 11 heteroatoms. The van der Waals surface area contributed by atoms with Crippen LogP contribution in [0.1, 0.15) is 72.2 Å². The maximum atomic E-state index is 12.3. The molecule has 2 atom stereocenters. The van der Waals surface area contributed by atoms with Gasteiger partial charge in [0, 0.05) is 35.1 Å². The van der Waals surface area contributed by atoms with E-state index in [-0.39, 0.29) is 13.2 Å². The molecule has 1 aliphatic heterocycles. The van der Waals surface area contributed by atoms with E-state index in [4.69, 9.17) is 25.8 Å². The first kappa shape index (κ1) is 38.7. The first-order valence-corrected chi connectivity index (χ1v) is 18.0. The second-order valence-electron chi connectivity index (χ2n) is 13.4. The zero-order valence-corrected chi connectivity index (χ0v) is 30.8. The van der Waals surface area contributed by atoms with Crippen molar-refractivity contribution in [1.29, 1.82) is 5.26 Å². The molecule has 1 aliphatic rings. The highest BCUT2D eigenvalue weighted by Crippen LogP contribution is 2.36. The molecule has 2 heterocycles. The normalized spacial score (nSPS) is 15.0. The lowest BCUT2D eigenvalue weighted by Crippen LogP contribution is -2.54. The number of aliphatic hydroxyl groups excluding tert-OH is 1. The van der Waals surface area contributed by atoms with E-state index in [0.717, 1.165) is 46.5 Å². The van der Waals surface area contributed by atoms with Crippen molar-refractivity contribution in [3.63, 3.8) is 0 Å². The van der Waals surface area contributed by atoms with Gasteiger partial charge in [-0.05, 0) is 111 Å². The van der Waals surface area contributed by atoms with Gasteiger partial charge in [-0.3, -0.25) is 15.1 Å². The lowest BCUT2D eigenvalue weighted by molar-refractivity contribution is -0.149. The summed E-state index contributed by atoms with van der Waals surface area (Å²) in [5.74, 6) is -0.0134. The molecule has 3 aromatic carbocycles. The number of piperidine rings is 1. The molecule has 4 aromatic rings. The average Bonchev–Trinajstić information content (AvgIpc) is 3.16. The number of likely N-dealkylation sites (tertiary alicyclic amines) is 1. The van der Waals surface area contributed by atoms with Crippen molar-refractivity contribution in [1.82, 2.24) is 15.2 Å². The SMILES string of the molecule is Cc1c(COC(NC(C)(CO)C(=O)O)c2cc(Cl)ccc2OCc2cncc(C#N)c2)cccc1-c1cccc(OCCCN2CCCCC2)c1C. The topological polar surface area (TPSA) is 137 Å². The molecular weight excluding hydrogens is 680 g/mol. The Morgan fingerprint density at radius 1 is 1.00 bits per heavy atom. The Morgan fingerprint density at radius 3 is 2.48 bits per heavy atom. The third-order valence-electron chi connectivity index (χ3n) is 9.56. The Bertz CT molecular complexity index is 1870. The molecular formula is C41H47ClN4O6. The van der Waals surface area contributed by atoms with Gasteiger partial charge in [0.1, 0.15) is 35.9 Å². The fourth-order valence-corrected chi connectivity index (χ4v) is 6.52. The third kappa shape index (κ3) is 9.88. The Balaban J connectivity index is 1.37. The molecule has 0 bridgehead atoms. The fraction of sp³-hybridized carbons (Fsp3) is 0.390. The van der Waals surface area contributed by atoms with Crippen molar-refractivity contribution < 1.29 is 29.2 Å². The number of ether oxygens (including phenoxy) is 3. The van der Waals surface area contributed by atoms with Crippen molar-refractivity contribution in [2.45, 2.75) is 71.4 Å². The molecule has 0 amide bonds. The van der Waals surface area contributed by atoms with Crippen LogP contribution in [0.5, 0.6) is 11.5 Å². The molecule has 5 rings (SSSR count). The summed E-state index contributed by atoms with van der Waals surface area (Å²) < 4.78 is 18.9. The summed E-state index contributed by atoms with van der Waals surface area (Å²) in [5.41, 5.74) is 4.79. The summed E-state index contributed by atoms with van der Waals surface area (Å²) in [5, 5.41) is 32.8. The number of halogens is 1. The molecule has 0 saturated carbocycles. The summed E-state index contributed by atoms with van der Waals surface area (Å²) >= 11 is 6.46. The number of nitrogens with one attached hydrogen (secondary N) is 1. The number of hydrogen-bond donors (Lipinski definition) is 3. The van der Waals surface area contributed by atoms with Crippen LogP contribution in [0, 0.1) is 25.2 Å². The van der Waals surface area contributed by atoms with Gasteiger partial charge in [-0.2, -0.15) is 5.26 Å². The first-order chi connectivity index (χ1) is 25.1. The van der Waals surface area contributed by atoms with Gasteiger partial charge in [-0.1, -0.05) is 48.4 Å². The van der Waals surface area contributed by atoms with Crippen LogP contribution < -0.4 is 14.8 Å². The number of benzene rings is 3. The molecule has 1 saturated heterocycles. The maximum Gasteiger partial charge on any atom is 0.326 e. The molecule has 0 aliphatic carbocycles. The van der Waals surface area contributed by atoms with Crippen molar-refractivity contribution in [3.8, 4) is 28.7 Å². The van der Waals surface area contributed by atoms with E-state index in [2.05, 4.69) is 40.3 Å². The van der Waals surface area contributed by atoms with Gasteiger partial charge in [-0.25, -0.2) is 0 Å². The molecule has 10 nitrogen and oxygen atoms in total. The lowest BCUT2D eigenvalue weighted by atomic mass is 9.93. The van der Waals surface area contributed by atoms with E-state index in [9.17, 15) is 20.3 Å². The Labute approximate surface area is 310 Å². The van der Waals surface area contributed by atoms with Crippen molar-refractivity contribution in [2.24, 2.45) is 0 Å². The van der Waals surface area contributed by atoms with Crippen molar-refractivity contribution in [2.75, 3.05) is 32.8 Å². The van der Waals surface area contributed by atoms with E-state index >= 15 is 0 Å². The number of nitrogens with zero attached hydrogens (tertiary/aromatic N) is 3. The van der Waals surface area contributed by atoms with Crippen LogP contribution in [-0.4, -0.2) is 64.5 Å². The van der Waals surface area contributed by atoms with E-state index in [1.165, 1.54) is 45.5 Å².